The van der Waals surface area contributed by atoms with Gasteiger partial charge < -0.3 is 4.90 Å². The van der Waals surface area contributed by atoms with E-state index in [4.69, 9.17) is 0 Å². The smallest absolute Gasteiger partial charge is 0.322 e. The number of aromatic nitrogens is 1. The summed E-state index contributed by atoms with van der Waals surface area (Å²) in [7, 11) is -3.18. The molecular formula is C20H20F3N5O5S. The van der Waals surface area contributed by atoms with E-state index >= 15 is 0 Å². The topological polar surface area (TPSA) is 129 Å². The molecule has 0 radical (unpaired) electrons. The molecule has 1 saturated heterocycles. The standard InChI is InChI=1S/C20H20F3N5O5S/c21-20(22,23)18(30)26-25-17(29)14-6-7-15(24-12-14)13-28(16-4-2-1-3-5-16)19(31)27-8-10-34(32,33)11-9-27/h1-7,12H,8-11,13H2,(H,25,29)(H,26,30). The third kappa shape index (κ3) is 6.43. The molecule has 1 fully saturated rings. The molecule has 0 saturated carbocycles. The highest BCUT2D eigenvalue weighted by Crippen LogP contribution is 2.20. The number of sulfone groups is 1. The molecule has 34 heavy (non-hydrogen) atoms. The molecule has 1 aromatic heterocycles. The quantitative estimate of drug-likeness (QED) is 0.610. The molecule has 1 aliphatic heterocycles. The Morgan fingerprint density at radius 1 is 1.00 bits per heavy atom. The predicted molar refractivity (Wildman–Crippen MR) is 114 cm³/mol. The summed E-state index contributed by atoms with van der Waals surface area (Å²) in [6, 6.07) is 10.9. The van der Waals surface area contributed by atoms with Gasteiger partial charge in [-0.3, -0.25) is 30.3 Å². The van der Waals surface area contributed by atoms with E-state index in [-0.39, 0.29) is 36.7 Å². The van der Waals surface area contributed by atoms with Crippen LogP contribution in [0.4, 0.5) is 23.7 Å². The average molecular weight is 499 g/mol. The Morgan fingerprint density at radius 3 is 2.21 bits per heavy atom. The SMILES string of the molecule is O=C(NNC(=O)C(F)(F)F)c1ccc(CN(C(=O)N2CCS(=O)(=O)CC2)c2ccccc2)nc1. The van der Waals surface area contributed by atoms with Crippen molar-refractivity contribution in [3.8, 4) is 0 Å². The maximum absolute atomic E-state index is 13.2. The van der Waals surface area contributed by atoms with Crippen LogP contribution in [-0.4, -0.2) is 66.9 Å². The number of halogens is 3. The van der Waals surface area contributed by atoms with Gasteiger partial charge in [-0.2, -0.15) is 13.2 Å². The van der Waals surface area contributed by atoms with Gasteiger partial charge in [0.2, 0.25) is 0 Å². The zero-order valence-electron chi connectivity index (χ0n) is 17.6. The first-order valence-corrected chi connectivity index (χ1v) is 11.7. The number of para-hydroxylation sites is 1. The minimum Gasteiger partial charge on any atom is -0.322 e. The number of benzene rings is 1. The summed E-state index contributed by atoms with van der Waals surface area (Å²) in [5.41, 5.74) is 3.67. The van der Waals surface area contributed by atoms with Crippen LogP contribution >= 0.6 is 0 Å². The number of anilines is 1. The minimum atomic E-state index is -5.15. The van der Waals surface area contributed by atoms with Crippen molar-refractivity contribution in [3.05, 3.63) is 59.9 Å². The van der Waals surface area contributed by atoms with Crippen LogP contribution in [0, 0.1) is 0 Å². The van der Waals surface area contributed by atoms with Gasteiger partial charge in [0.05, 0.1) is 29.3 Å². The summed E-state index contributed by atoms with van der Waals surface area (Å²) in [5.74, 6) is -3.60. The number of amides is 4. The van der Waals surface area contributed by atoms with Crippen LogP contribution in [0.5, 0.6) is 0 Å². The maximum Gasteiger partial charge on any atom is 0.472 e. The Balaban J connectivity index is 1.71. The van der Waals surface area contributed by atoms with Crippen LogP contribution in [0.15, 0.2) is 48.7 Å². The van der Waals surface area contributed by atoms with Crippen molar-refractivity contribution in [2.45, 2.75) is 12.7 Å². The molecule has 4 amide bonds. The number of nitrogens with one attached hydrogen (secondary N) is 2. The Morgan fingerprint density at radius 2 is 1.65 bits per heavy atom. The third-order valence-corrected chi connectivity index (χ3v) is 6.48. The molecule has 14 heteroatoms. The number of alkyl halides is 3. The van der Waals surface area contributed by atoms with E-state index < -0.39 is 33.9 Å². The van der Waals surface area contributed by atoms with Gasteiger partial charge >= 0.3 is 18.1 Å². The number of nitrogens with zero attached hydrogens (tertiary/aromatic N) is 3. The zero-order chi connectivity index (χ0) is 24.9. The van der Waals surface area contributed by atoms with Crippen LogP contribution in [0.25, 0.3) is 0 Å². The highest BCUT2D eigenvalue weighted by molar-refractivity contribution is 7.91. The number of hydrogen-bond donors (Lipinski definition) is 2. The zero-order valence-corrected chi connectivity index (χ0v) is 18.4. The van der Waals surface area contributed by atoms with Crippen LogP contribution in [-0.2, 0) is 21.2 Å². The fourth-order valence-electron chi connectivity index (χ4n) is 3.02. The molecule has 182 valence electrons. The second kappa shape index (κ2) is 10.1. The molecule has 2 N–H and O–H groups in total. The van der Waals surface area contributed by atoms with Crippen molar-refractivity contribution < 1.29 is 36.0 Å². The molecule has 0 bridgehead atoms. The molecule has 0 spiro atoms. The van der Waals surface area contributed by atoms with Gasteiger partial charge in [-0.15, -0.1) is 0 Å². The van der Waals surface area contributed by atoms with Crippen LogP contribution in [0.3, 0.4) is 0 Å². The summed E-state index contributed by atoms with van der Waals surface area (Å²) in [5, 5.41) is 0. The lowest BCUT2D eigenvalue weighted by molar-refractivity contribution is -0.174. The molecule has 3 rings (SSSR count). The van der Waals surface area contributed by atoms with E-state index in [0.29, 0.717) is 11.4 Å². The Kier molecular flexibility index (Phi) is 7.39. The first kappa shape index (κ1) is 25.0. The van der Waals surface area contributed by atoms with E-state index in [1.807, 2.05) is 0 Å². The van der Waals surface area contributed by atoms with E-state index in [9.17, 15) is 36.0 Å². The molecule has 0 unspecified atom stereocenters. The van der Waals surface area contributed by atoms with Gasteiger partial charge in [0, 0.05) is 25.0 Å². The van der Waals surface area contributed by atoms with Crippen molar-refractivity contribution in [1.29, 1.82) is 0 Å². The largest absolute Gasteiger partial charge is 0.472 e. The second-order valence-electron chi connectivity index (χ2n) is 7.29. The van der Waals surface area contributed by atoms with Crippen LogP contribution < -0.4 is 15.8 Å². The molecule has 0 atom stereocenters. The van der Waals surface area contributed by atoms with Crippen molar-refractivity contribution in [1.82, 2.24) is 20.7 Å². The van der Waals surface area contributed by atoms with E-state index in [1.165, 1.54) is 27.4 Å². The maximum atomic E-state index is 13.2. The van der Waals surface area contributed by atoms with Gasteiger partial charge in [-0.1, -0.05) is 18.2 Å². The Hall–Kier alpha value is -3.68. The number of carbonyl (C=O) groups excluding carboxylic acids is 3. The van der Waals surface area contributed by atoms with Gasteiger partial charge in [0.25, 0.3) is 5.91 Å². The minimum absolute atomic E-state index is 0.0151. The van der Waals surface area contributed by atoms with Crippen molar-refractivity contribution in [2.24, 2.45) is 0 Å². The number of rotatable bonds is 4. The molecule has 1 aromatic carbocycles. The molecule has 10 nitrogen and oxygen atoms in total. The number of pyridine rings is 1. The first-order valence-electron chi connectivity index (χ1n) is 9.90. The number of urea groups is 1. The summed E-state index contributed by atoms with van der Waals surface area (Å²) in [4.78, 5) is 42.8. The third-order valence-electron chi connectivity index (χ3n) is 4.87. The summed E-state index contributed by atoms with van der Waals surface area (Å²) in [6.45, 7) is 0.0974. The lowest BCUT2D eigenvalue weighted by atomic mass is 10.2. The van der Waals surface area contributed by atoms with Crippen molar-refractivity contribution in [3.63, 3.8) is 0 Å². The molecule has 0 aliphatic carbocycles. The second-order valence-corrected chi connectivity index (χ2v) is 9.59. The van der Waals surface area contributed by atoms with Crippen LogP contribution in [0.2, 0.25) is 0 Å². The summed E-state index contributed by atoms with van der Waals surface area (Å²) < 4.78 is 60.0. The predicted octanol–water partition coefficient (Wildman–Crippen LogP) is 1.26. The Bertz CT molecular complexity index is 1140. The van der Waals surface area contributed by atoms with E-state index in [0.717, 1.165) is 6.20 Å². The lowest BCUT2D eigenvalue weighted by Gasteiger charge is -2.32. The van der Waals surface area contributed by atoms with Crippen LogP contribution in [0.1, 0.15) is 16.1 Å². The van der Waals surface area contributed by atoms with Gasteiger partial charge in [-0.05, 0) is 24.3 Å². The Labute approximate surface area is 192 Å². The van der Waals surface area contributed by atoms with Gasteiger partial charge in [0.1, 0.15) is 0 Å². The highest BCUT2D eigenvalue weighted by Gasteiger charge is 2.39. The normalized spacial score (nSPS) is 15.3. The monoisotopic (exact) mass is 499 g/mol. The number of hydrogen-bond acceptors (Lipinski definition) is 6. The summed E-state index contributed by atoms with van der Waals surface area (Å²) >= 11 is 0. The fourth-order valence-corrected chi connectivity index (χ4v) is 4.22. The average Bonchev–Trinajstić information content (AvgIpc) is 2.80. The van der Waals surface area contributed by atoms with Gasteiger partial charge in [0.15, 0.2) is 9.84 Å². The molecule has 1 aliphatic rings. The number of carbonyl (C=O) groups is 3. The van der Waals surface area contributed by atoms with Gasteiger partial charge in [-0.25, -0.2) is 13.2 Å². The molecule has 2 heterocycles. The lowest BCUT2D eigenvalue weighted by Crippen LogP contribution is -2.49. The van der Waals surface area contributed by atoms with E-state index in [2.05, 4.69) is 4.98 Å². The van der Waals surface area contributed by atoms with Crippen molar-refractivity contribution in [2.75, 3.05) is 29.5 Å². The summed E-state index contributed by atoms with van der Waals surface area (Å²) in [6.07, 6.45) is -4.06. The number of hydrazine groups is 1. The first-order chi connectivity index (χ1) is 16.0. The molecule has 2 aromatic rings. The molecular weight excluding hydrogens is 479 g/mol. The highest BCUT2D eigenvalue weighted by atomic mass is 32.2. The van der Waals surface area contributed by atoms with Crippen molar-refractivity contribution >= 4 is 33.4 Å². The fraction of sp³-hybridized carbons (Fsp3) is 0.300. The van der Waals surface area contributed by atoms with E-state index in [1.54, 1.807) is 35.8 Å².